The summed E-state index contributed by atoms with van der Waals surface area (Å²) in [7, 11) is 0. The first-order chi connectivity index (χ1) is 11.0. The highest BCUT2D eigenvalue weighted by Gasteiger charge is 2.59. The molecule has 2 aromatic rings. The van der Waals surface area contributed by atoms with Crippen LogP contribution in [0.5, 0.6) is 5.75 Å². The van der Waals surface area contributed by atoms with Crippen LogP contribution in [0, 0.1) is 29.5 Å². The smallest absolute Gasteiger partial charge is 0.306 e. The van der Waals surface area contributed by atoms with Gasteiger partial charge in [-0.05, 0) is 54.9 Å². The quantitative estimate of drug-likeness (QED) is 0.938. The summed E-state index contributed by atoms with van der Waals surface area (Å²) in [5, 5.41) is 9.80. The van der Waals surface area contributed by atoms with E-state index in [4.69, 9.17) is 9.84 Å². The highest BCUT2D eigenvalue weighted by Crippen LogP contribution is 2.61. The molecule has 2 saturated carbocycles. The normalized spacial score (nSPS) is 30.0. The number of ether oxygens (including phenoxy) is 1. The Balaban J connectivity index is 1.48. The van der Waals surface area contributed by atoms with Crippen molar-refractivity contribution in [3.05, 3.63) is 36.3 Å². The highest BCUT2D eigenvalue weighted by molar-refractivity contribution is 5.84. The molecule has 120 valence electrons. The summed E-state index contributed by atoms with van der Waals surface area (Å²) in [6.07, 6.45) is 3.51. The van der Waals surface area contributed by atoms with Gasteiger partial charge in [0.25, 0.3) is 0 Å². The number of carbonyl (C=O) groups is 1. The van der Waals surface area contributed by atoms with E-state index in [1.54, 1.807) is 25.3 Å². The Kier molecular flexibility index (Phi) is 3.25. The van der Waals surface area contributed by atoms with Crippen molar-refractivity contribution < 1.29 is 19.0 Å². The van der Waals surface area contributed by atoms with E-state index >= 15 is 0 Å². The predicted molar refractivity (Wildman–Crippen MR) is 82.6 cm³/mol. The number of hydrogen-bond donors (Lipinski definition) is 1. The third kappa shape index (κ3) is 2.44. The SMILES string of the molecule is CC(C(=O)O)[C@H]1[C@@H]2C[C@@H](Oc3ccnc4ccc(F)cc34)C[C@@H]21. The van der Waals surface area contributed by atoms with Crippen molar-refractivity contribution in [1.29, 1.82) is 0 Å². The van der Waals surface area contributed by atoms with Crippen molar-refractivity contribution in [2.45, 2.75) is 25.9 Å². The lowest BCUT2D eigenvalue weighted by Gasteiger charge is -2.19. The average molecular weight is 315 g/mol. The van der Waals surface area contributed by atoms with Gasteiger partial charge in [-0.1, -0.05) is 6.92 Å². The third-order valence-electron chi connectivity index (χ3n) is 5.39. The minimum Gasteiger partial charge on any atom is -0.490 e. The molecule has 4 rings (SSSR count). The van der Waals surface area contributed by atoms with Crippen LogP contribution in [0.3, 0.4) is 0 Å². The molecule has 1 aromatic heterocycles. The number of hydrogen-bond acceptors (Lipinski definition) is 3. The highest BCUT2D eigenvalue weighted by atomic mass is 19.1. The zero-order chi connectivity index (χ0) is 16.1. The maximum atomic E-state index is 13.5. The fraction of sp³-hybridized carbons (Fsp3) is 0.444. The van der Waals surface area contributed by atoms with Gasteiger partial charge in [-0.15, -0.1) is 0 Å². The molecule has 0 aliphatic heterocycles. The molecule has 0 amide bonds. The first-order valence-corrected chi connectivity index (χ1v) is 7.98. The molecular formula is C18H18FNO3. The molecule has 0 radical (unpaired) electrons. The van der Waals surface area contributed by atoms with Crippen molar-refractivity contribution >= 4 is 16.9 Å². The fourth-order valence-electron chi connectivity index (χ4n) is 4.22. The number of rotatable bonds is 4. The molecule has 1 unspecified atom stereocenters. The van der Waals surface area contributed by atoms with Gasteiger partial charge < -0.3 is 9.84 Å². The van der Waals surface area contributed by atoms with E-state index < -0.39 is 5.97 Å². The lowest BCUT2D eigenvalue weighted by molar-refractivity contribution is -0.142. The first-order valence-electron chi connectivity index (χ1n) is 7.98. The second-order valence-corrected chi connectivity index (χ2v) is 6.71. The fourth-order valence-corrected chi connectivity index (χ4v) is 4.22. The summed E-state index contributed by atoms with van der Waals surface area (Å²) < 4.78 is 19.6. The molecule has 5 atom stereocenters. The van der Waals surface area contributed by atoms with Crippen LogP contribution in [-0.4, -0.2) is 22.2 Å². The van der Waals surface area contributed by atoms with Gasteiger partial charge in [0.2, 0.25) is 0 Å². The maximum Gasteiger partial charge on any atom is 0.306 e. The molecule has 0 spiro atoms. The number of aromatic nitrogens is 1. The van der Waals surface area contributed by atoms with Crippen LogP contribution >= 0.6 is 0 Å². The van der Waals surface area contributed by atoms with Crippen molar-refractivity contribution in [2.24, 2.45) is 23.7 Å². The van der Waals surface area contributed by atoms with Crippen molar-refractivity contribution in [1.82, 2.24) is 4.98 Å². The Bertz CT molecular complexity index is 766. The second kappa shape index (κ2) is 5.18. The Morgan fingerprint density at radius 2 is 2.09 bits per heavy atom. The topological polar surface area (TPSA) is 59.4 Å². The van der Waals surface area contributed by atoms with Gasteiger partial charge in [0.15, 0.2) is 0 Å². The molecule has 1 aromatic carbocycles. The number of benzene rings is 1. The second-order valence-electron chi connectivity index (χ2n) is 6.71. The van der Waals surface area contributed by atoms with Crippen molar-refractivity contribution in [3.63, 3.8) is 0 Å². The summed E-state index contributed by atoms with van der Waals surface area (Å²) in [5.41, 5.74) is 0.712. The third-order valence-corrected chi connectivity index (χ3v) is 5.39. The van der Waals surface area contributed by atoms with Gasteiger partial charge in [-0.25, -0.2) is 4.39 Å². The Labute approximate surface area is 133 Å². The van der Waals surface area contributed by atoms with E-state index in [0.717, 1.165) is 12.8 Å². The average Bonchev–Trinajstić information content (AvgIpc) is 3.02. The van der Waals surface area contributed by atoms with Crippen molar-refractivity contribution in [3.8, 4) is 5.75 Å². The van der Waals surface area contributed by atoms with Crippen LogP contribution in [-0.2, 0) is 4.79 Å². The number of carboxylic acids is 1. The number of pyridine rings is 1. The van der Waals surface area contributed by atoms with Gasteiger partial charge in [-0.3, -0.25) is 9.78 Å². The minimum atomic E-state index is -0.711. The van der Waals surface area contributed by atoms with Crippen LogP contribution in [0.4, 0.5) is 4.39 Å². The van der Waals surface area contributed by atoms with Crippen LogP contribution in [0.15, 0.2) is 30.5 Å². The summed E-state index contributed by atoms with van der Waals surface area (Å²) in [4.78, 5) is 15.3. The van der Waals surface area contributed by atoms with Crippen LogP contribution in [0.2, 0.25) is 0 Å². The number of carboxylic acid groups (broad SMARTS) is 1. The van der Waals surface area contributed by atoms with Gasteiger partial charge in [0, 0.05) is 11.6 Å². The lowest BCUT2D eigenvalue weighted by Crippen LogP contribution is -2.20. The molecule has 5 heteroatoms. The number of aliphatic carboxylic acids is 1. The molecule has 23 heavy (non-hydrogen) atoms. The molecule has 0 bridgehead atoms. The molecule has 1 N–H and O–H groups in total. The van der Waals surface area contributed by atoms with Gasteiger partial charge in [-0.2, -0.15) is 0 Å². The molecule has 2 aliphatic rings. The number of fused-ring (bicyclic) bond motifs is 2. The van der Waals surface area contributed by atoms with E-state index in [2.05, 4.69) is 4.98 Å². The lowest BCUT2D eigenvalue weighted by atomic mass is 9.98. The standard InChI is InChI=1S/C18H18FNO3/c1-9(18(21)22)17-12-7-11(8-13(12)17)23-16-4-5-20-15-3-2-10(19)6-14(15)16/h2-6,9,11-13,17H,7-8H2,1H3,(H,21,22)/t9?,11-,12-,13+,17+. The predicted octanol–water partition coefficient (Wildman–Crippen LogP) is 3.50. The van der Waals surface area contributed by atoms with Gasteiger partial charge >= 0.3 is 5.97 Å². The van der Waals surface area contributed by atoms with E-state index in [1.807, 2.05) is 0 Å². The van der Waals surface area contributed by atoms with E-state index in [0.29, 0.717) is 34.4 Å². The van der Waals surface area contributed by atoms with Crippen LogP contribution < -0.4 is 4.74 Å². The molecule has 2 aliphatic carbocycles. The van der Waals surface area contributed by atoms with Gasteiger partial charge in [0.05, 0.1) is 17.5 Å². The number of halogens is 1. The number of nitrogens with zero attached hydrogens (tertiary/aromatic N) is 1. The molecule has 4 nitrogen and oxygen atoms in total. The van der Waals surface area contributed by atoms with Crippen molar-refractivity contribution in [2.75, 3.05) is 0 Å². The maximum absolute atomic E-state index is 13.5. The first kappa shape index (κ1) is 14.4. The summed E-state index contributed by atoms with van der Waals surface area (Å²) in [6, 6.07) is 6.25. The molecule has 0 saturated heterocycles. The summed E-state index contributed by atoms with van der Waals surface area (Å²) in [5.74, 6) is 0.564. The molecule has 2 fully saturated rings. The Hall–Kier alpha value is -2.17. The minimum absolute atomic E-state index is 0.0797. The summed E-state index contributed by atoms with van der Waals surface area (Å²) in [6.45, 7) is 1.79. The monoisotopic (exact) mass is 315 g/mol. The summed E-state index contributed by atoms with van der Waals surface area (Å²) >= 11 is 0. The molecule has 1 heterocycles. The zero-order valence-corrected chi connectivity index (χ0v) is 12.8. The zero-order valence-electron chi connectivity index (χ0n) is 12.8. The largest absolute Gasteiger partial charge is 0.490 e. The van der Waals surface area contributed by atoms with Crippen LogP contribution in [0.25, 0.3) is 10.9 Å². The Morgan fingerprint density at radius 1 is 1.35 bits per heavy atom. The van der Waals surface area contributed by atoms with E-state index in [-0.39, 0.29) is 17.8 Å². The van der Waals surface area contributed by atoms with E-state index in [1.165, 1.54) is 12.1 Å². The van der Waals surface area contributed by atoms with Gasteiger partial charge in [0.1, 0.15) is 11.6 Å². The van der Waals surface area contributed by atoms with E-state index in [9.17, 15) is 9.18 Å². The Morgan fingerprint density at radius 3 is 2.78 bits per heavy atom. The van der Waals surface area contributed by atoms with Crippen LogP contribution in [0.1, 0.15) is 19.8 Å². The molecular weight excluding hydrogens is 297 g/mol.